The molecule has 1 heterocycles. The third kappa shape index (κ3) is 8.47. The van der Waals surface area contributed by atoms with E-state index in [2.05, 4.69) is 52.7 Å². The lowest BCUT2D eigenvalue weighted by molar-refractivity contribution is 0.317. The highest BCUT2D eigenvalue weighted by Gasteiger charge is 2.05. The maximum atomic E-state index is 5.70. The van der Waals surface area contributed by atoms with Crippen LogP contribution in [0.4, 0.5) is 0 Å². The van der Waals surface area contributed by atoms with Crippen molar-refractivity contribution in [1.82, 2.24) is 15.6 Å². The SMILES string of the molecule is CCCOc1cccc(CCNC(=NCc2sc(C)nc2C)NCC)c1.I. The second kappa shape index (κ2) is 12.9. The number of nitrogens with one attached hydrogen (secondary N) is 2. The number of hydrogen-bond donors (Lipinski definition) is 2. The summed E-state index contributed by atoms with van der Waals surface area (Å²) in [6.45, 7) is 11.4. The highest BCUT2D eigenvalue weighted by Crippen LogP contribution is 2.18. The Labute approximate surface area is 184 Å². The summed E-state index contributed by atoms with van der Waals surface area (Å²) in [6.07, 6.45) is 1.94. The van der Waals surface area contributed by atoms with Crippen LogP contribution in [-0.2, 0) is 13.0 Å². The van der Waals surface area contributed by atoms with E-state index in [4.69, 9.17) is 4.74 Å². The van der Waals surface area contributed by atoms with Crippen molar-refractivity contribution >= 4 is 41.3 Å². The van der Waals surface area contributed by atoms with Gasteiger partial charge < -0.3 is 15.4 Å². The molecule has 0 bridgehead atoms. The first kappa shape index (κ1) is 23.7. The molecular formula is C20H31IN4OS. The van der Waals surface area contributed by atoms with Gasteiger partial charge in [-0.25, -0.2) is 9.98 Å². The lowest BCUT2D eigenvalue weighted by Gasteiger charge is -2.12. The van der Waals surface area contributed by atoms with Crippen molar-refractivity contribution in [3.8, 4) is 5.75 Å². The van der Waals surface area contributed by atoms with Crippen LogP contribution in [0.3, 0.4) is 0 Å². The largest absolute Gasteiger partial charge is 0.494 e. The number of benzene rings is 1. The molecule has 2 rings (SSSR count). The van der Waals surface area contributed by atoms with Crippen molar-refractivity contribution in [2.45, 2.75) is 47.1 Å². The number of ether oxygens (including phenoxy) is 1. The number of aromatic nitrogens is 1. The average Bonchev–Trinajstić information content (AvgIpc) is 2.95. The van der Waals surface area contributed by atoms with Gasteiger partial charge in [-0.3, -0.25) is 0 Å². The van der Waals surface area contributed by atoms with Crippen molar-refractivity contribution in [2.75, 3.05) is 19.7 Å². The summed E-state index contributed by atoms with van der Waals surface area (Å²) >= 11 is 1.72. The first-order chi connectivity index (χ1) is 12.6. The Kier molecular flexibility index (Phi) is 11.3. The van der Waals surface area contributed by atoms with Crippen molar-refractivity contribution in [2.24, 2.45) is 4.99 Å². The van der Waals surface area contributed by atoms with Gasteiger partial charge in [0.2, 0.25) is 0 Å². The fraction of sp³-hybridized carbons (Fsp3) is 0.500. The molecule has 0 saturated carbocycles. The van der Waals surface area contributed by atoms with E-state index in [-0.39, 0.29) is 24.0 Å². The van der Waals surface area contributed by atoms with Gasteiger partial charge in [-0.15, -0.1) is 35.3 Å². The fourth-order valence-corrected chi connectivity index (χ4v) is 3.41. The fourth-order valence-electron chi connectivity index (χ4n) is 2.55. The van der Waals surface area contributed by atoms with E-state index in [1.807, 2.05) is 19.9 Å². The van der Waals surface area contributed by atoms with Gasteiger partial charge in [-0.2, -0.15) is 0 Å². The van der Waals surface area contributed by atoms with Crippen LogP contribution < -0.4 is 15.4 Å². The number of halogens is 1. The Bertz CT molecular complexity index is 718. The molecule has 7 heteroatoms. The molecule has 27 heavy (non-hydrogen) atoms. The van der Waals surface area contributed by atoms with Gasteiger partial charge in [0, 0.05) is 18.0 Å². The molecule has 150 valence electrons. The lowest BCUT2D eigenvalue weighted by Crippen LogP contribution is -2.38. The molecule has 0 spiro atoms. The molecule has 0 saturated heterocycles. The smallest absolute Gasteiger partial charge is 0.191 e. The first-order valence-corrected chi connectivity index (χ1v) is 10.1. The van der Waals surface area contributed by atoms with E-state index in [1.54, 1.807) is 11.3 Å². The van der Waals surface area contributed by atoms with E-state index in [1.165, 1.54) is 10.4 Å². The minimum absolute atomic E-state index is 0. The summed E-state index contributed by atoms with van der Waals surface area (Å²) in [5.74, 6) is 1.79. The summed E-state index contributed by atoms with van der Waals surface area (Å²) in [5.41, 5.74) is 2.34. The number of rotatable bonds is 9. The lowest BCUT2D eigenvalue weighted by atomic mass is 10.1. The van der Waals surface area contributed by atoms with Gasteiger partial charge in [0.05, 0.1) is 23.9 Å². The van der Waals surface area contributed by atoms with Crippen LogP contribution in [0.2, 0.25) is 0 Å². The van der Waals surface area contributed by atoms with Gasteiger partial charge in [-0.05, 0) is 51.3 Å². The summed E-state index contributed by atoms with van der Waals surface area (Å²) in [7, 11) is 0. The van der Waals surface area contributed by atoms with Crippen molar-refractivity contribution in [3.63, 3.8) is 0 Å². The summed E-state index contributed by atoms with van der Waals surface area (Å²) in [6, 6.07) is 8.31. The van der Waals surface area contributed by atoms with E-state index < -0.39 is 0 Å². The molecule has 0 atom stereocenters. The molecule has 5 nitrogen and oxygen atoms in total. The Morgan fingerprint density at radius 1 is 1.22 bits per heavy atom. The zero-order valence-corrected chi connectivity index (χ0v) is 19.8. The third-order valence-corrected chi connectivity index (χ3v) is 4.86. The highest BCUT2D eigenvalue weighted by molar-refractivity contribution is 14.0. The monoisotopic (exact) mass is 502 g/mol. The van der Waals surface area contributed by atoms with Crippen LogP contribution in [0.25, 0.3) is 0 Å². The molecule has 1 aromatic carbocycles. The van der Waals surface area contributed by atoms with E-state index >= 15 is 0 Å². The van der Waals surface area contributed by atoms with Gasteiger partial charge >= 0.3 is 0 Å². The molecule has 0 aliphatic carbocycles. The number of hydrogen-bond acceptors (Lipinski definition) is 4. The number of aryl methyl sites for hydroxylation is 2. The number of guanidine groups is 1. The molecule has 0 fully saturated rings. The van der Waals surface area contributed by atoms with Crippen molar-refractivity contribution in [1.29, 1.82) is 0 Å². The Balaban J connectivity index is 0.00000364. The average molecular weight is 502 g/mol. The first-order valence-electron chi connectivity index (χ1n) is 9.29. The van der Waals surface area contributed by atoms with Gasteiger partial charge in [-0.1, -0.05) is 19.1 Å². The van der Waals surface area contributed by atoms with Gasteiger partial charge in [0.15, 0.2) is 5.96 Å². The standard InChI is InChI=1S/C20H30N4OS.HI/c1-5-12-25-18-9-7-8-17(13-18)10-11-22-20(21-6-2)23-14-19-15(3)24-16(4)26-19;/h7-9,13H,5-6,10-12,14H2,1-4H3,(H2,21,22,23);1H. The number of nitrogens with zero attached hydrogens (tertiary/aromatic N) is 2. The molecule has 0 aliphatic heterocycles. The van der Waals surface area contributed by atoms with Gasteiger partial charge in [0.25, 0.3) is 0 Å². The molecule has 2 aromatic rings. The van der Waals surface area contributed by atoms with E-state index in [0.29, 0.717) is 6.54 Å². The number of thiazole rings is 1. The van der Waals surface area contributed by atoms with E-state index in [0.717, 1.165) is 54.9 Å². The van der Waals surface area contributed by atoms with Gasteiger partial charge in [0.1, 0.15) is 5.75 Å². The zero-order chi connectivity index (χ0) is 18.8. The molecule has 0 aliphatic rings. The Morgan fingerprint density at radius 3 is 2.70 bits per heavy atom. The quantitative estimate of drug-likeness (QED) is 0.302. The zero-order valence-electron chi connectivity index (χ0n) is 16.7. The molecular weight excluding hydrogens is 471 g/mol. The van der Waals surface area contributed by atoms with Crippen LogP contribution in [-0.4, -0.2) is 30.6 Å². The predicted molar refractivity (Wildman–Crippen MR) is 126 cm³/mol. The maximum absolute atomic E-state index is 5.70. The molecule has 0 radical (unpaired) electrons. The summed E-state index contributed by atoms with van der Waals surface area (Å²) < 4.78 is 5.70. The number of aliphatic imine (C=N–C) groups is 1. The van der Waals surface area contributed by atoms with Crippen LogP contribution in [0.5, 0.6) is 5.75 Å². The molecule has 2 N–H and O–H groups in total. The van der Waals surface area contributed by atoms with Crippen molar-refractivity contribution < 1.29 is 4.74 Å². The third-order valence-electron chi connectivity index (χ3n) is 3.80. The highest BCUT2D eigenvalue weighted by atomic mass is 127. The summed E-state index contributed by atoms with van der Waals surface area (Å²) in [4.78, 5) is 10.4. The minimum atomic E-state index is 0. The summed E-state index contributed by atoms with van der Waals surface area (Å²) in [5, 5.41) is 7.81. The molecule has 0 amide bonds. The minimum Gasteiger partial charge on any atom is -0.494 e. The Morgan fingerprint density at radius 2 is 2.04 bits per heavy atom. The normalized spacial score (nSPS) is 11.0. The van der Waals surface area contributed by atoms with Crippen molar-refractivity contribution in [3.05, 3.63) is 45.4 Å². The second-order valence-electron chi connectivity index (χ2n) is 6.11. The molecule has 0 unspecified atom stereocenters. The maximum Gasteiger partial charge on any atom is 0.191 e. The van der Waals surface area contributed by atoms with Crippen LogP contribution >= 0.6 is 35.3 Å². The molecule has 1 aromatic heterocycles. The van der Waals surface area contributed by atoms with Crippen LogP contribution in [0.1, 0.15) is 41.4 Å². The predicted octanol–water partition coefficient (Wildman–Crippen LogP) is 4.46. The Hall–Kier alpha value is -1.35. The topological polar surface area (TPSA) is 58.5 Å². The second-order valence-corrected chi connectivity index (χ2v) is 7.40. The van der Waals surface area contributed by atoms with Crippen LogP contribution in [0.15, 0.2) is 29.3 Å². The van der Waals surface area contributed by atoms with E-state index in [9.17, 15) is 0 Å². The van der Waals surface area contributed by atoms with Crippen LogP contribution in [0, 0.1) is 13.8 Å².